The number of nitrogens with one attached hydrogen (secondary N) is 1. The van der Waals surface area contributed by atoms with Crippen LogP contribution in [0.4, 0.5) is 0 Å². The normalized spacial score (nSPS) is 10.7. The molecule has 1 aromatic heterocycles. The van der Waals surface area contributed by atoms with Crippen molar-refractivity contribution in [3.8, 4) is 0 Å². The highest BCUT2D eigenvalue weighted by molar-refractivity contribution is 7.98. The molecular weight excluding hydrogens is 194 g/mol. The predicted molar refractivity (Wildman–Crippen MR) is 62.8 cm³/mol. The second-order valence-corrected chi connectivity index (χ2v) is 4.36. The Morgan fingerprint density at radius 2 is 2.36 bits per heavy atom. The fraction of sp³-hybridized carbons (Fsp3) is 0.700. The van der Waals surface area contributed by atoms with Gasteiger partial charge in [0.05, 0.1) is 12.7 Å². The van der Waals surface area contributed by atoms with E-state index in [0.29, 0.717) is 0 Å². The molecule has 1 N–H and O–H groups in total. The van der Waals surface area contributed by atoms with Gasteiger partial charge in [0.2, 0.25) is 0 Å². The van der Waals surface area contributed by atoms with Crippen LogP contribution in [0.15, 0.2) is 12.4 Å². The molecule has 0 fully saturated rings. The molecule has 0 saturated carbocycles. The Bertz CT molecular complexity index is 247. The van der Waals surface area contributed by atoms with Crippen molar-refractivity contribution in [1.82, 2.24) is 15.1 Å². The van der Waals surface area contributed by atoms with E-state index < -0.39 is 0 Å². The minimum absolute atomic E-state index is 0.965. The molecule has 0 radical (unpaired) electrons. The molecule has 0 aliphatic carbocycles. The van der Waals surface area contributed by atoms with Gasteiger partial charge in [-0.1, -0.05) is 0 Å². The molecule has 1 heterocycles. The summed E-state index contributed by atoms with van der Waals surface area (Å²) in [6, 6.07) is 0. The summed E-state index contributed by atoms with van der Waals surface area (Å²) >= 11 is 1.90. The smallest absolute Gasteiger partial charge is 0.0534 e. The second-order valence-electron chi connectivity index (χ2n) is 3.38. The van der Waals surface area contributed by atoms with Crippen LogP contribution in [0.25, 0.3) is 0 Å². The summed E-state index contributed by atoms with van der Waals surface area (Å²) in [7, 11) is 0. The van der Waals surface area contributed by atoms with Gasteiger partial charge in [0.1, 0.15) is 0 Å². The summed E-state index contributed by atoms with van der Waals surface area (Å²) in [6.45, 7) is 5.15. The maximum absolute atomic E-state index is 4.22. The van der Waals surface area contributed by atoms with Gasteiger partial charge in [0.15, 0.2) is 0 Å². The van der Waals surface area contributed by atoms with Crippen LogP contribution in [0.2, 0.25) is 0 Å². The molecule has 0 spiro atoms. The zero-order valence-electron chi connectivity index (χ0n) is 8.99. The van der Waals surface area contributed by atoms with Gasteiger partial charge >= 0.3 is 0 Å². The van der Waals surface area contributed by atoms with E-state index in [1.165, 1.54) is 17.7 Å². The van der Waals surface area contributed by atoms with Crippen molar-refractivity contribution in [3.63, 3.8) is 0 Å². The molecule has 14 heavy (non-hydrogen) atoms. The van der Waals surface area contributed by atoms with Crippen molar-refractivity contribution in [3.05, 3.63) is 18.0 Å². The third-order valence-corrected chi connectivity index (χ3v) is 2.68. The average Bonchev–Trinajstić information content (AvgIpc) is 2.58. The maximum Gasteiger partial charge on any atom is 0.0534 e. The van der Waals surface area contributed by atoms with Crippen molar-refractivity contribution >= 4 is 11.8 Å². The molecular formula is C10H19N3S. The van der Waals surface area contributed by atoms with Gasteiger partial charge in [-0.25, -0.2) is 0 Å². The second kappa shape index (κ2) is 6.90. The number of rotatable bonds is 7. The van der Waals surface area contributed by atoms with Crippen LogP contribution in [0.5, 0.6) is 0 Å². The van der Waals surface area contributed by atoms with Gasteiger partial charge in [0, 0.05) is 12.7 Å². The lowest BCUT2D eigenvalue weighted by molar-refractivity contribution is 0.554. The van der Waals surface area contributed by atoms with Gasteiger partial charge in [-0.15, -0.1) is 0 Å². The topological polar surface area (TPSA) is 29.9 Å². The van der Waals surface area contributed by atoms with E-state index in [1.54, 1.807) is 0 Å². The van der Waals surface area contributed by atoms with Crippen LogP contribution >= 0.6 is 11.8 Å². The van der Waals surface area contributed by atoms with Crippen LogP contribution < -0.4 is 5.32 Å². The largest absolute Gasteiger partial charge is 0.315 e. The maximum atomic E-state index is 4.22. The number of nitrogens with zero attached hydrogens (tertiary/aromatic N) is 2. The average molecular weight is 213 g/mol. The fourth-order valence-electron chi connectivity index (χ4n) is 1.25. The summed E-state index contributed by atoms with van der Waals surface area (Å²) in [4.78, 5) is 0. The molecule has 0 amide bonds. The number of hydrogen-bond donors (Lipinski definition) is 1. The van der Waals surface area contributed by atoms with E-state index in [4.69, 9.17) is 0 Å². The van der Waals surface area contributed by atoms with Crippen molar-refractivity contribution < 1.29 is 0 Å². The van der Waals surface area contributed by atoms with Gasteiger partial charge in [-0.2, -0.15) is 16.9 Å². The van der Waals surface area contributed by atoms with Gasteiger partial charge < -0.3 is 5.32 Å². The zero-order chi connectivity index (χ0) is 10.2. The van der Waals surface area contributed by atoms with Crippen LogP contribution in [0.3, 0.4) is 0 Å². The molecule has 1 aromatic rings. The molecule has 0 bridgehead atoms. The van der Waals surface area contributed by atoms with E-state index >= 15 is 0 Å². The highest BCUT2D eigenvalue weighted by atomic mass is 32.2. The summed E-state index contributed by atoms with van der Waals surface area (Å²) in [5, 5.41) is 7.63. The third kappa shape index (κ3) is 4.67. The highest BCUT2D eigenvalue weighted by Gasteiger charge is 1.93. The first kappa shape index (κ1) is 11.6. The third-order valence-electron chi connectivity index (χ3n) is 1.98. The van der Waals surface area contributed by atoms with E-state index in [2.05, 4.69) is 29.8 Å². The Morgan fingerprint density at radius 1 is 1.50 bits per heavy atom. The van der Waals surface area contributed by atoms with E-state index in [9.17, 15) is 0 Å². The number of aryl methyl sites for hydroxylation is 1. The Morgan fingerprint density at radius 3 is 3.00 bits per heavy atom. The van der Waals surface area contributed by atoms with Gasteiger partial charge in [-0.3, -0.25) is 4.68 Å². The Balaban J connectivity index is 1.99. The van der Waals surface area contributed by atoms with E-state index in [0.717, 1.165) is 19.6 Å². The minimum atomic E-state index is 0.965. The molecule has 80 valence electrons. The Kier molecular flexibility index (Phi) is 5.71. The van der Waals surface area contributed by atoms with Gasteiger partial charge in [-0.05, 0) is 37.5 Å². The molecule has 0 unspecified atom stereocenters. The molecule has 4 heteroatoms. The van der Waals surface area contributed by atoms with Crippen molar-refractivity contribution in [2.45, 2.75) is 19.9 Å². The monoisotopic (exact) mass is 213 g/mol. The molecule has 1 rings (SSSR count). The Hall–Kier alpha value is -0.480. The summed E-state index contributed by atoms with van der Waals surface area (Å²) < 4.78 is 1.98. The number of hydrogen-bond acceptors (Lipinski definition) is 3. The van der Waals surface area contributed by atoms with Crippen LogP contribution in [-0.4, -0.2) is 34.9 Å². The predicted octanol–water partition coefficient (Wildman–Crippen LogP) is 1.53. The lowest BCUT2D eigenvalue weighted by Gasteiger charge is -2.03. The van der Waals surface area contributed by atoms with E-state index in [1.807, 2.05) is 22.6 Å². The lowest BCUT2D eigenvalue weighted by atomic mass is 10.4. The molecule has 0 aliphatic heterocycles. The molecule has 0 saturated heterocycles. The minimum Gasteiger partial charge on any atom is -0.315 e. The molecule has 0 atom stereocenters. The van der Waals surface area contributed by atoms with Gasteiger partial charge in [0.25, 0.3) is 0 Å². The zero-order valence-corrected chi connectivity index (χ0v) is 9.81. The highest BCUT2D eigenvalue weighted by Crippen LogP contribution is 1.94. The SMILES string of the molecule is CSCCCNCCn1cc(C)cn1. The molecule has 0 aliphatic rings. The fourth-order valence-corrected chi connectivity index (χ4v) is 1.68. The summed E-state index contributed by atoms with van der Waals surface area (Å²) in [6.07, 6.45) is 7.36. The first-order valence-corrected chi connectivity index (χ1v) is 6.41. The van der Waals surface area contributed by atoms with Crippen LogP contribution in [0.1, 0.15) is 12.0 Å². The Labute approximate surface area is 90.3 Å². The van der Waals surface area contributed by atoms with E-state index in [-0.39, 0.29) is 0 Å². The van der Waals surface area contributed by atoms with Crippen molar-refractivity contribution in [2.75, 3.05) is 25.1 Å². The van der Waals surface area contributed by atoms with Crippen LogP contribution in [0, 0.1) is 6.92 Å². The standard InChI is InChI=1S/C10H19N3S/c1-10-8-12-13(9-10)6-5-11-4-3-7-14-2/h8-9,11H,3-7H2,1-2H3. The molecule has 3 nitrogen and oxygen atoms in total. The number of thioether (sulfide) groups is 1. The molecule has 0 aromatic carbocycles. The first-order valence-electron chi connectivity index (χ1n) is 5.01. The van der Waals surface area contributed by atoms with Crippen molar-refractivity contribution in [1.29, 1.82) is 0 Å². The van der Waals surface area contributed by atoms with Crippen molar-refractivity contribution in [2.24, 2.45) is 0 Å². The first-order chi connectivity index (χ1) is 6.83. The summed E-state index contributed by atoms with van der Waals surface area (Å²) in [5.41, 5.74) is 1.23. The van der Waals surface area contributed by atoms with Crippen LogP contribution in [-0.2, 0) is 6.54 Å². The lowest BCUT2D eigenvalue weighted by Crippen LogP contribution is -2.21. The quantitative estimate of drug-likeness (QED) is 0.697. The number of aromatic nitrogens is 2. The summed E-state index contributed by atoms with van der Waals surface area (Å²) in [5.74, 6) is 1.24.